The van der Waals surface area contributed by atoms with Crippen molar-refractivity contribution in [1.82, 2.24) is 0 Å². The summed E-state index contributed by atoms with van der Waals surface area (Å²) in [6, 6.07) is 0. The van der Waals surface area contributed by atoms with Gasteiger partial charge in [-0.15, -0.1) is 0 Å². The van der Waals surface area contributed by atoms with Gasteiger partial charge in [0.2, 0.25) is 6.79 Å². The van der Waals surface area contributed by atoms with E-state index in [4.69, 9.17) is 4.74 Å². The molecule has 0 aromatic rings. The highest BCUT2D eigenvalue weighted by molar-refractivity contribution is 8.14. The molecular formula is C14H22O7S. The van der Waals surface area contributed by atoms with Gasteiger partial charge in [0.15, 0.2) is 0 Å². The molecule has 0 radical (unpaired) electrons. The molecule has 0 saturated heterocycles. The third kappa shape index (κ3) is 11.1. The van der Waals surface area contributed by atoms with Crippen molar-refractivity contribution in [3.05, 3.63) is 0 Å². The highest BCUT2D eigenvalue weighted by Gasteiger charge is 2.22. The molecule has 0 amide bonds. The van der Waals surface area contributed by atoms with Crippen LogP contribution in [-0.2, 0) is 28.6 Å². The topological polar surface area (TPSA) is 96.0 Å². The van der Waals surface area contributed by atoms with Gasteiger partial charge >= 0.3 is 17.2 Å². The Labute approximate surface area is 134 Å². The van der Waals surface area contributed by atoms with E-state index in [1.807, 2.05) is 0 Å². The van der Waals surface area contributed by atoms with E-state index in [0.717, 1.165) is 0 Å². The first-order valence-electron chi connectivity index (χ1n) is 6.72. The number of Topliss-reactive ketones (excluding diaryl/α,β-unsaturated/α-hetero) is 1. The van der Waals surface area contributed by atoms with Crippen molar-refractivity contribution in [3.63, 3.8) is 0 Å². The van der Waals surface area contributed by atoms with E-state index in [9.17, 15) is 19.2 Å². The molecule has 0 saturated carbocycles. The van der Waals surface area contributed by atoms with Gasteiger partial charge < -0.3 is 14.2 Å². The number of carbonyl (C=O) groups excluding carboxylic acids is 4. The van der Waals surface area contributed by atoms with Crippen LogP contribution in [0, 0.1) is 0 Å². The molecule has 0 rings (SSSR count). The Morgan fingerprint density at radius 2 is 1.64 bits per heavy atom. The average Bonchev–Trinajstić information content (AvgIpc) is 2.33. The van der Waals surface area contributed by atoms with Crippen molar-refractivity contribution in [3.8, 4) is 0 Å². The van der Waals surface area contributed by atoms with Crippen LogP contribution >= 0.6 is 11.8 Å². The minimum atomic E-state index is -0.723. The third-order valence-electron chi connectivity index (χ3n) is 2.16. The molecule has 0 N–H and O–H groups in total. The lowest BCUT2D eigenvalue weighted by atomic mass is 10.1. The van der Waals surface area contributed by atoms with Crippen LogP contribution in [0.25, 0.3) is 0 Å². The Morgan fingerprint density at radius 1 is 1.05 bits per heavy atom. The Balaban J connectivity index is 4.03. The van der Waals surface area contributed by atoms with Crippen molar-refractivity contribution < 1.29 is 33.4 Å². The standard InChI is InChI=1S/C14H22O7S/c1-9(22-13(18)20-8-19-10(2)15)11(16)6-7-12(17)21-14(3,4)5/h9H,6-8H2,1-5H3. The molecule has 0 aromatic carbocycles. The number of rotatable bonds is 7. The summed E-state index contributed by atoms with van der Waals surface area (Å²) in [5, 5.41) is -1.38. The van der Waals surface area contributed by atoms with E-state index in [2.05, 4.69) is 9.47 Å². The molecule has 126 valence electrons. The van der Waals surface area contributed by atoms with Gasteiger partial charge in [0.05, 0.1) is 11.7 Å². The summed E-state index contributed by atoms with van der Waals surface area (Å²) in [6.45, 7) is 7.46. The van der Waals surface area contributed by atoms with Crippen molar-refractivity contribution in [2.24, 2.45) is 0 Å². The molecule has 0 bridgehead atoms. The van der Waals surface area contributed by atoms with Gasteiger partial charge in [-0.05, 0) is 39.5 Å². The lowest BCUT2D eigenvalue weighted by Gasteiger charge is -2.19. The molecule has 7 nitrogen and oxygen atoms in total. The minimum Gasteiger partial charge on any atom is -0.460 e. The van der Waals surface area contributed by atoms with Crippen LogP contribution in [0.15, 0.2) is 0 Å². The van der Waals surface area contributed by atoms with E-state index in [-0.39, 0.29) is 18.6 Å². The molecule has 8 heteroatoms. The Bertz CT molecular complexity index is 425. The third-order valence-corrected chi connectivity index (χ3v) is 3.09. The maximum absolute atomic E-state index is 11.8. The second-order valence-electron chi connectivity index (χ2n) is 5.46. The number of esters is 2. The van der Waals surface area contributed by atoms with Crippen molar-refractivity contribution in [2.45, 2.75) is 58.3 Å². The number of ketones is 1. The zero-order valence-electron chi connectivity index (χ0n) is 13.5. The minimum absolute atomic E-state index is 0.0136. The molecular weight excluding hydrogens is 312 g/mol. The molecule has 0 aromatic heterocycles. The Hall–Kier alpha value is -1.57. The quantitative estimate of drug-likeness (QED) is 0.517. The number of hydrogen-bond acceptors (Lipinski definition) is 8. The molecule has 0 aliphatic carbocycles. The zero-order chi connectivity index (χ0) is 17.3. The Morgan fingerprint density at radius 3 is 2.14 bits per heavy atom. The molecule has 0 aliphatic rings. The van der Waals surface area contributed by atoms with Crippen LogP contribution in [0.1, 0.15) is 47.5 Å². The molecule has 0 aliphatic heterocycles. The van der Waals surface area contributed by atoms with Gasteiger partial charge in [0.25, 0.3) is 0 Å². The fourth-order valence-electron chi connectivity index (χ4n) is 1.23. The van der Waals surface area contributed by atoms with Crippen molar-refractivity contribution >= 4 is 34.8 Å². The maximum atomic E-state index is 11.8. The van der Waals surface area contributed by atoms with Crippen molar-refractivity contribution in [1.29, 1.82) is 0 Å². The summed E-state index contributed by atoms with van der Waals surface area (Å²) < 4.78 is 14.1. The molecule has 0 spiro atoms. The summed E-state index contributed by atoms with van der Waals surface area (Å²) in [6.07, 6.45) is -0.0518. The number of ether oxygens (including phenoxy) is 3. The SMILES string of the molecule is CC(=O)OCOC(=O)SC(C)C(=O)CCC(=O)OC(C)(C)C. The summed E-state index contributed by atoms with van der Waals surface area (Å²) in [4.78, 5) is 45.2. The number of hydrogen-bond donors (Lipinski definition) is 0. The average molecular weight is 334 g/mol. The molecule has 0 fully saturated rings. The predicted molar refractivity (Wildman–Crippen MR) is 80.3 cm³/mol. The molecule has 22 heavy (non-hydrogen) atoms. The molecule has 1 atom stereocenters. The first kappa shape index (κ1) is 20.4. The maximum Gasteiger partial charge on any atom is 0.370 e. The van der Waals surface area contributed by atoms with E-state index in [0.29, 0.717) is 11.8 Å². The van der Waals surface area contributed by atoms with Gasteiger partial charge in [-0.2, -0.15) is 0 Å². The fourth-order valence-corrected chi connectivity index (χ4v) is 1.88. The van der Waals surface area contributed by atoms with E-state index >= 15 is 0 Å². The lowest BCUT2D eigenvalue weighted by Crippen LogP contribution is -2.25. The summed E-state index contributed by atoms with van der Waals surface area (Å²) in [5.74, 6) is -1.30. The molecule has 1 unspecified atom stereocenters. The van der Waals surface area contributed by atoms with Gasteiger partial charge in [0.1, 0.15) is 11.4 Å². The zero-order valence-corrected chi connectivity index (χ0v) is 14.3. The van der Waals surface area contributed by atoms with Gasteiger partial charge in [-0.25, -0.2) is 4.79 Å². The highest BCUT2D eigenvalue weighted by atomic mass is 32.2. The van der Waals surface area contributed by atoms with Crippen LogP contribution in [0.2, 0.25) is 0 Å². The normalized spacial score (nSPS) is 12.2. The fraction of sp³-hybridized carbons (Fsp3) is 0.714. The summed E-state index contributed by atoms with van der Waals surface area (Å²) >= 11 is 0.670. The smallest absolute Gasteiger partial charge is 0.370 e. The summed E-state index contributed by atoms with van der Waals surface area (Å²) in [5.41, 5.74) is -0.596. The Kier molecular flexibility index (Phi) is 8.77. The monoisotopic (exact) mass is 334 g/mol. The van der Waals surface area contributed by atoms with Crippen LogP contribution in [-0.4, -0.2) is 40.7 Å². The first-order valence-corrected chi connectivity index (χ1v) is 7.60. The van der Waals surface area contributed by atoms with Gasteiger partial charge in [-0.3, -0.25) is 14.4 Å². The van der Waals surface area contributed by atoms with Crippen LogP contribution in [0.5, 0.6) is 0 Å². The highest BCUT2D eigenvalue weighted by Crippen LogP contribution is 2.17. The first-order chi connectivity index (χ1) is 10.0. The van der Waals surface area contributed by atoms with Gasteiger partial charge in [0, 0.05) is 13.3 Å². The van der Waals surface area contributed by atoms with Gasteiger partial charge in [-0.1, -0.05) is 0 Å². The van der Waals surface area contributed by atoms with Crippen molar-refractivity contribution in [2.75, 3.05) is 6.79 Å². The largest absolute Gasteiger partial charge is 0.460 e. The van der Waals surface area contributed by atoms with E-state index in [1.165, 1.54) is 13.8 Å². The van der Waals surface area contributed by atoms with Crippen LogP contribution in [0.3, 0.4) is 0 Å². The predicted octanol–water partition coefficient (Wildman–Crippen LogP) is 2.46. The second-order valence-corrected chi connectivity index (χ2v) is 6.74. The second kappa shape index (κ2) is 9.45. The number of carbonyl (C=O) groups is 4. The van der Waals surface area contributed by atoms with Crippen LogP contribution < -0.4 is 0 Å². The van der Waals surface area contributed by atoms with Crippen LogP contribution in [0.4, 0.5) is 4.79 Å². The number of thioether (sulfide) groups is 1. The summed E-state index contributed by atoms with van der Waals surface area (Å²) in [7, 11) is 0. The van der Waals surface area contributed by atoms with E-state index < -0.39 is 34.9 Å². The molecule has 0 heterocycles. The lowest BCUT2D eigenvalue weighted by molar-refractivity contribution is -0.155. The van der Waals surface area contributed by atoms with E-state index in [1.54, 1.807) is 20.8 Å².